The molecule has 26 heavy (non-hydrogen) atoms. The lowest BCUT2D eigenvalue weighted by Gasteiger charge is -2.18. The van der Waals surface area contributed by atoms with Gasteiger partial charge in [0.1, 0.15) is 0 Å². The van der Waals surface area contributed by atoms with Gasteiger partial charge in [-0.3, -0.25) is 13.9 Å². The molecule has 1 fully saturated rings. The predicted octanol–water partition coefficient (Wildman–Crippen LogP) is 4.84. The molecular formula is C18H27NO5P2. The van der Waals surface area contributed by atoms with Crippen LogP contribution in [-0.2, 0) is 35.3 Å². The minimum atomic E-state index is -2.78. The summed E-state index contributed by atoms with van der Waals surface area (Å²) >= 11 is 0. The Morgan fingerprint density at radius 3 is 2.19 bits per heavy atom. The minimum absolute atomic E-state index is 0.112. The average molecular weight is 399 g/mol. The van der Waals surface area contributed by atoms with E-state index in [2.05, 4.69) is 11.9 Å². The van der Waals surface area contributed by atoms with Crippen molar-refractivity contribution in [3.8, 4) is 0 Å². The van der Waals surface area contributed by atoms with E-state index in [1.54, 1.807) is 25.7 Å². The van der Waals surface area contributed by atoms with Crippen molar-refractivity contribution in [3.63, 3.8) is 0 Å². The largest absolute Gasteiger partial charge is 0.332 e. The van der Waals surface area contributed by atoms with Crippen LogP contribution >= 0.6 is 14.7 Å². The second-order valence-corrected chi connectivity index (χ2v) is 12.5. The first-order chi connectivity index (χ1) is 12.1. The summed E-state index contributed by atoms with van der Waals surface area (Å²) in [7, 11) is -2.65. The topological polar surface area (TPSA) is 81.7 Å². The molecule has 1 aromatic rings. The van der Waals surface area contributed by atoms with Gasteiger partial charge in [-0.05, 0) is 43.0 Å². The maximum atomic E-state index is 13.0. The third kappa shape index (κ3) is 5.65. The molecule has 144 valence electrons. The standard InChI is InChI=1S/C18H27NO5P2/c1-13(2)18(20)19-16-9-14(11-25(5,21)23-3)8-15(10-16)12-26(22,24-4)17-6-7-17/h8-10,17H,1,6-7,11-12H2,2-5H3,(H,19,20). The molecule has 8 heteroatoms. The zero-order chi connectivity index (χ0) is 19.5. The van der Waals surface area contributed by atoms with Crippen molar-refractivity contribution in [2.45, 2.75) is 37.7 Å². The van der Waals surface area contributed by atoms with Crippen LogP contribution in [0.5, 0.6) is 0 Å². The molecule has 1 aliphatic rings. The molecule has 1 aromatic carbocycles. The smallest absolute Gasteiger partial charge is 0.250 e. The minimum Gasteiger partial charge on any atom is -0.332 e. The van der Waals surface area contributed by atoms with Gasteiger partial charge in [0.15, 0.2) is 0 Å². The van der Waals surface area contributed by atoms with Crippen LogP contribution in [0.1, 0.15) is 30.9 Å². The Balaban J connectivity index is 2.35. The van der Waals surface area contributed by atoms with E-state index in [1.165, 1.54) is 14.2 Å². The zero-order valence-corrected chi connectivity index (χ0v) is 17.6. The first-order valence-electron chi connectivity index (χ1n) is 8.45. The van der Waals surface area contributed by atoms with E-state index >= 15 is 0 Å². The fraction of sp³-hybridized carbons (Fsp3) is 0.500. The summed E-state index contributed by atoms with van der Waals surface area (Å²) < 4.78 is 35.8. The Kier molecular flexibility index (Phi) is 6.68. The lowest BCUT2D eigenvalue weighted by molar-refractivity contribution is -0.112. The van der Waals surface area contributed by atoms with Gasteiger partial charge in [-0.15, -0.1) is 0 Å². The number of amides is 1. The number of hydrogen-bond donors (Lipinski definition) is 1. The molecule has 0 saturated heterocycles. The van der Waals surface area contributed by atoms with Crippen LogP contribution in [0.2, 0.25) is 0 Å². The molecule has 0 aliphatic heterocycles. The van der Waals surface area contributed by atoms with Crippen LogP contribution in [0.15, 0.2) is 30.4 Å². The Labute approximate surface area is 155 Å². The van der Waals surface area contributed by atoms with Crippen molar-refractivity contribution < 1.29 is 23.0 Å². The highest BCUT2D eigenvalue weighted by atomic mass is 31.2. The van der Waals surface area contributed by atoms with Crippen molar-refractivity contribution in [1.29, 1.82) is 0 Å². The summed E-state index contributed by atoms with van der Waals surface area (Å²) in [5.74, 6) is -0.295. The van der Waals surface area contributed by atoms with E-state index in [0.717, 1.165) is 24.0 Å². The number of rotatable bonds is 9. The molecule has 2 unspecified atom stereocenters. The fourth-order valence-electron chi connectivity index (χ4n) is 2.72. The Morgan fingerprint density at radius 2 is 1.73 bits per heavy atom. The molecule has 1 N–H and O–H groups in total. The summed E-state index contributed by atoms with van der Waals surface area (Å²) in [6, 6.07) is 5.40. The summed E-state index contributed by atoms with van der Waals surface area (Å²) in [5.41, 5.74) is 2.59. The SMILES string of the molecule is C=C(C)C(=O)Nc1cc(CP(C)(=O)OC)cc(CP(=O)(OC)C2CC2)c1. The average Bonchev–Trinajstić information content (AvgIpc) is 3.39. The maximum absolute atomic E-state index is 13.0. The van der Waals surface area contributed by atoms with E-state index in [9.17, 15) is 13.9 Å². The lowest BCUT2D eigenvalue weighted by Crippen LogP contribution is -2.12. The predicted molar refractivity (Wildman–Crippen MR) is 105 cm³/mol. The molecule has 0 spiro atoms. The second kappa shape index (κ2) is 8.22. The van der Waals surface area contributed by atoms with Gasteiger partial charge < -0.3 is 14.4 Å². The summed E-state index contributed by atoms with van der Waals surface area (Å²) in [4.78, 5) is 12.0. The molecule has 0 bridgehead atoms. The van der Waals surface area contributed by atoms with Crippen LogP contribution < -0.4 is 5.32 Å². The molecular weight excluding hydrogens is 372 g/mol. The number of nitrogens with one attached hydrogen (secondary N) is 1. The van der Waals surface area contributed by atoms with Crippen LogP contribution in [-0.4, -0.2) is 32.5 Å². The Bertz CT molecular complexity index is 801. The number of carbonyl (C=O) groups excluding carboxylic acids is 1. The fourth-order valence-corrected chi connectivity index (χ4v) is 6.00. The molecule has 2 rings (SSSR count). The number of hydrogen-bond acceptors (Lipinski definition) is 5. The van der Waals surface area contributed by atoms with Crippen LogP contribution in [0.25, 0.3) is 0 Å². The normalized spacial score (nSPS) is 18.6. The number of carbonyl (C=O) groups is 1. The molecule has 0 radical (unpaired) electrons. The van der Waals surface area contributed by atoms with Gasteiger partial charge in [-0.2, -0.15) is 0 Å². The lowest BCUT2D eigenvalue weighted by atomic mass is 10.1. The first kappa shape index (κ1) is 21.1. The Hall–Kier alpha value is -1.19. The molecule has 0 aromatic heterocycles. The molecule has 6 nitrogen and oxygen atoms in total. The highest BCUT2D eigenvalue weighted by Gasteiger charge is 2.41. The monoisotopic (exact) mass is 399 g/mol. The van der Waals surface area contributed by atoms with Crippen LogP contribution in [0, 0.1) is 0 Å². The van der Waals surface area contributed by atoms with Crippen molar-refractivity contribution in [2.75, 3.05) is 26.2 Å². The van der Waals surface area contributed by atoms with E-state index in [4.69, 9.17) is 9.05 Å². The highest BCUT2D eigenvalue weighted by Crippen LogP contribution is 2.63. The van der Waals surface area contributed by atoms with E-state index < -0.39 is 14.7 Å². The van der Waals surface area contributed by atoms with Crippen molar-refractivity contribution in [2.24, 2.45) is 0 Å². The maximum Gasteiger partial charge on any atom is 0.250 e. The summed E-state index contributed by atoms with van der Waals surface area (Å²) in [6.07, 6.45) is 2.35. The van der Waals surface area contributed by atoms with E-state index in [-0.39, 0.29) is 17.7 Å². The number of anilines is 1. The van der Waals surface area contributed by atoms with Crippen molar-refractivity contribution in [1.82, 2.24) is 0 Å². The van der Waals surface area contributed by atoms with E-state index in [0.29, 0.717) is 17.4 Å². The molecule has 0 heterocycles. The molecule has 2 atom stereocenters. The van der Waals surface area contributed by atoms with Gasteiger partial charge in [0.05, 0.1) is 6.16 Å². The van der Waals surface area contributed by atoms with Crippen LogP contribution in [0.3, 0.4) is 0 Å². The van der Waals surface area contributed by atoms with Crippen molar-refractivity contribution >= 4 is 26.3 Å². The number of benzene rings is 1. The second-order valence-electron chi connectivity index (χ2n) is 6.93. The van der Waals surface area contributed by atoms with Gasteiger partial charge in [0, 0.05) is 44.0 Å². The third-order valence-electron chi connectivity index (χ3n) is 4.37. The van der Waals surface area contributed by atoms with Gasteiger partial charge in [0.2, 0.25) is 14.7 Å². The van der Waals surface area contributed by atoms with Crippen molar-refractivity contribution in [3.05, 3.63) is 41.5 Å². The molecule has 1 saturated carbocycles. The van der Waals surface area contributed by atoms with Gasteiger partial charge >= 0.3 is 0 Å². The summed E-state index contributed by atoms with van der Waals surface area (Å²) in [6.45, 7) is 6.82. The van der Waals surface area contributed by atoms with Gasteiger partial charge in [-0.25, -0.2) is 0 Å². The Morgan fingerprint density at radius 1 is 1.15 bits per heavy atom. The van der Waals surface area contributed by atoms with E-state index in [1.807, 2.05) is 6.07 Å². The first-order valence-corrected chi connectivity index (χ1v) is 12.6. The van der Waals surface area contributed by atoms with Gasteiger partial charge in [-0.1, -0.05) is 12.6 Å². The molecule has 1 amide bonds. The highest BCUT2D eigenvalue weighted by molar-refractivity contribution is 7.59. The molecule has 1 aliphatic carbocycles. The van der Waals surface area contributed by atoms with Crippen LogP contribution in [0.4, 0.5) is 5.69 Å². The third-order valence-corrected chi connectivity index (χ3v) is 9.13. The zero-order valence-electron chi connectivity index (χ0n) is 15.8. The summed E-state index contributed by atoms with van der Waals surface area (Å²) in [5, 5.41) is 2.78. The van der Waals surface area contributed by atoms with Gasteiger partial charge in [0.25, 0.3) is 5.91 Å². The quantitative estimate of drug-likeness (QED) is 0.475.